The van der Waals surface area contributed by atoms with E-state index in [1.807, 2.05) is 0 Å². The first-order chi connectivity index (χ1) is 7.42. The van der Waals surface area contributed by atoms with Crippen LogP contribution in [0.5, 0.6) is 0 Å². The molecule has 0 aromatic heterocycles. The minimum Gasteiger partial charge on any atom is -0.381 e. The number of hydrogen-bond acceptors (Lipinski definition) is 3. The van der Waals surface area contributed by atoms with Gasteiger partial charge in [0.2, 0.25) is 0 Å². The quantitative estimate of drug-likeness (QED) is 0.772. The molecule has 2 saturated heterocycles. The van der Waals surface area contributed by atoms with Gasteiger partial charge in [0, 0.05) is 25.2 Å². The fourth-order valence-electron chi connectivity index (χ4n) is 2.82. The molecular formula is C12H23NO2. The monoisotopic (exact) mass is 213 g/mol. The molecule has 88 valence electrons. The second-order valence-electron chi connectivity index (χ2n) is 4.70. The summed E-state index contributed by atoms with van der Waals surface area (Å²) in [5, 5.41) is 3.44. The molecule has 3 atom stereocenters. The van der Waals surface area contributed by atoms with E-state index < -0.39 is 0 Å². The standard InChI is InChI=1S/C12H23NO2/c1-13-12(10-5-4-7-14-9-10)11-6-2-3-8-15-11/h10-13H,2-9H2,1H3. The summed E-state index contributed by atoms with van der Waals surface area (Å²) in [5.74, 6) is 0.645. The first-order valence-corrected chi connectivity index (χ1v) is 6.28. The Bertz CT molecular complexity index is 156. The Morgan fingerprint density at radius 3 is 2.67 bits per heavy atom. The molecule has 2 fully saturated rings. The summed E-state index contributed by atoms with van der Waals surface area (Å²) in [5.41, 5.74) is 0. The van der Waals surface area contributed by atoms with E-state index in [0.717, 1.165) is 19.8 Å². The van der Waals surface area contributed by atoms with Gasteiger partial charge in [-0.3, -0.25) is 0 Å². The van der Waals surface area contributed by atoms with E-state index in [2.05, 4.69) is 12.4 Å². The highest BCUT2D eigenvalue weighted by Crippen LogP contribution is 2.25. The van der Waals surface area contributed by atoms with Gasteiger partial charge in [-0.1, -0.05) is 0 Å². The van der Waals surface area contributed by atoms with Gasteiger partial charge < -0.3 is 14.8 Å². The Hall–Kier alpha value is -0.120. The van der Waals surface area contributed by atoms with Crippen molar-refractivity contribution < 1.29 is 9.47 Å². The van der Waals surface area contributed by atoms with E-state index >= 15 is 0 Å². The maximum Gasteiger partial charge on any atom is 0.0731 e. The minimum absolute atomic E-state index is 0.412. The van der Waals surface area contributed by atoms with Crippen LogP contribution in [-0.4, -0.2) is 39.0 Å². The van der Waals surface area contributed by atoms with Crippen molar-refractivity contribution in [2.24, 2.45) is 5.92 Å². The summed E-state index contributed by atoms with van der Waals surface area (Å²) >= 11 is 0. The van der Waals surface area contributed by atoms with Gasteiger partial charge in [-0.05, 0) is 39.2 Å². The molecule has 0 bridgehead atoms. The van der Waals surface area contributed by atoms with Crippen LogP contribution in [-0.2, 0) is 9.47 Å². The van der Waals surface area contributed by atoms with Gasteiger partial charge in [0.05, 0.1) is 12.7 Å². The first-order valence-electron chi connectivity index (χ1n) is 6.28. The third-order valence-corrected chi connectivity index (χ3v) is 3.65. The van der Waals surface area contributed by atoms with Crippen molar-refractivity contribution in [2.75, 3.05) is 26.9 Å². The van der Waals surface area contributed by atoms with Crippen LogP contribution in [0.1, 0.15) is 32.1 Å². The summed E-state index contributed by atoms with van der Waals surface area (Å²) in [6, 6.07) is 0.491. The molecule has 0 radical (unpaired) electrons. The Kier molecular flexibility index (Phi) is 4.42. The Morgan fingerprint density at radius 2 is 2.07 bits per heavy atom. The number of likely N-dealkylation sites (N-methyl/N-ethyl adjacent to an activating group) is 1. The molecule has 2 aliphatic heterocycles. The lowest BCUT2D eigenvalue weighted by atomic mass is 9.87. The van der Waals surface area contributed by atoms with Gasteiger partial charge in [0.25, 0.3) is 0 Å². The third kappa shape index (κ3) is 2.92. The molecule has 1 N–H and O–H groups in total. The molecule has 3 unspecified atom stereocenters. The topological polar surface area (TPSA) is 30.5 Å². The van der Waals surface area contributed by atoms with Gasteiger partial charge in [-0.2, -0.15) is 0 Å². The lowest BCUT2D eigenvalue weighted by Gasteiger charge is -2.37. The SMILES string of the molecule is CNC(C1CCCOC1)C1CCCCO1. The fraction of sp³-hybridized carbons (Fsp3) is 1.00. The molecule has 0 aliphatic carbocycles. The lowest BCUT2D eigenvalue weighted by Crippen LogP contribution is -2.48. The Labute approximate surface area is 92.5 Å². The van der Waals surface area contributed by atoms with Crippen LogP contribution < -0.4 is 5.32 Å². The van der Waals surface area contributed by atoms with Gasteiger partial charge in [-0.25, -0.2) is 0 Å². The smallest absolute Gasteiger partial charge is 0.0731 e. The van der Waals surface area contributed by atoms with Crippen molar-refractivity contribution in [2.45, 2.75) is 44.2 Å². The first kappa shape index (κ1) is 11.4. The zero-order chi connectivity index (χ0) is 10.5. The van der Waals surface area contributed by atoms with Crippen LogP contribution in [0.3, 0.4) is 0 Å². The molecule has 0 aromatic rings. The highest BCUT2D eigenvalue weighted by Gasteiger charge is 2.31. The number of rotatable bonds is 3. The predicted molar refractivity (Wildman–Crippen MR) is 60.0 cm³/mol. The van der Waals surface area contributed by atoms with E-state index in [-0.39, 0.29) is 0 Å². The van der Waals surface area contributed by atoms with Crippen LogP contribution >= 0.6 is 0 Å². The lowest BCUT2D eigenvalue weighted by molar-refractivity contribution is -0.0446. The number of hydrogen-bond donors (Lipinski definition) is 1. The zero-order valence-electron chi connectivity index (χ0n) is 9.71. The zero-order valence-corrected chi connectivity index (χ0v) is 9.71. The van der Waals surface area contributed by atoms with Crippen molar-refractivity contribution in [3.8, 4) is 0 Å². The highest BCUT2D eigenvalue weighted by atomic mass is 16.5. The van der Waals surface area contributed by atoms with E-state index in [1.165, 1.54) is 32.1 Å². The molecule has 3 nitrogen and oxygen atoms in total. The summed E-state index contributed by atoms with van der Waals surface area (Å²) in [4.78, 5) is 0. The van der Waals surface area contributed by atoms with E-state index in [1.54, 1.807) is 0 Å². The molecule has 15 heavy (non-hydrogen) atoms. The predicted octanol–water partition coefficient (Wildman–Crippen LogP) is 1.57. The molecule has 2 heterocycles. The highest BCUT2D eigenvalue weighted by molar-refractivity contribution is 4.85. The van der Waals surface area contributed by atoms with Gasteiger partial charge in [0.1, 0.15) is 0 Å². The molecule has 2 rings (SSSR count). The Morgan fingerprint density at radius 1 is 1.13 bits per heavy atom. The molecular weight excluding hydrogens is 190 g/mol. The number of nitrogens with one attached hydrogen (secondary N) is 1. The van der Waals surface area contributed by atoms with Crippen LogP contribution in [0.4, 0.5) is 0 Å². The molecule has 0 amide bonds. The summed E-state index contributed by atoms with van der Waals surface area (Å²) < 4.78 is 11.4. The van der Waals surface area contributed by atoms with Crippen molar-refractivity contribution in [1.82, 2.24) is 5.32 Å². The maximum atomic E-state index is 5.87. The second kappa shape index (κ2) is 5.83. The summed E-state index contributed by atoms with van der Waals surface area (Å²) in [6.07, 6.45) is 6.66. The average molecular weight is 213 g/mol. The van der Waals surface area contributed by atoms with Crippen LogP contribution in [0.25, 0.3) is 0 Å². The van der Waals surface area contributed by atoms with Crippen molar-refractivity contribution in [3.63, 3.8) is 0 Å². The fourth-order valence-corrected chi connectivity index (χ4v) is 2.82. The van der Waals surface area contributed by atoms with Gasteiger partial charge in [0.15, 0.2) is 0 Å². The maximum absolute atomic E-state index is 5.87. The van der Waals surface area contributed by atoms with Crippen LogP contribution in [0.2, 0.25) is 0 Å². The normalized spacial score (nSPS) is 35.0. The largest absolute Gasteiger partial charge is 0.381 e. The summed E-state index contributed by atoms with van der Waals surface area (Å²) in [7, 11) is 2.05. The summed E-state index contributed by atoms with van der Waals surface area (Å²) in [6.45, 7) is 2.79. The molecule has 2 aliphatic rings. The van der Waals surface area contributed by atoms with Crippen molar-refractivity contribution in [1.29, 1.82) is 0 Å². The van der Waals surface area contributed by atoms with Crippen LogP contribution in [0, 0.1) is 5.92 Å². The van der Waals surface area contributed by atoms with Crippen molar-refractivity contribution >= 4 is 0 Å². The Balaban J connectivity index is 1.88. The van der Waals surface area contributed by atoms with Crippen LogP contribution in [0.15, 0.2) is 0 Å². The van der Waals surface area contributed by atoms with E-state index in [0.29, 0.717) is 18.1 Å². The molecule has 0 aromatic carbocycles. The molecule has 3 heteroatoms. The third-order valence-electron chi connectivity index (χ3n) is 3.65. The van der Waals surface area contributed by atoms with Crippen molar-refractivity contribution in [3.05, 3.63) is 0 Å². The molecule has 0 saturated carbocycles. The van der Waals surface area contributed by atoms with Gasteiger partial charge >= 0.3 is 0 Å². The van der Waals surface area contributed by atoms with E-state index in [4.69, 9.17) is 9.47 Å². The average Bonchev–Trinajstić information content (AvgIpc) is 2.33. The second-order valence-corrected chi connectivity index (χ2v) is 4.70. The van der Waals surface area contributed by atoms with E-state index in [9.17, 15) is 0 Å². The molecule has 0 spiro atoms. The minimum atomic E-state index is 0.412. The van der Waals surface area contributed by atoms with Gasteiger partial charge in [-0.15, -0.1) is 0 Å². The number of ether oxygens (including phenoxy) is 2.